The van der Waals surface area contributed by atoms with E-state index in [9.17, 15) is 0 Å². The van der Waals surface area contributed by atoms with E-state index in [-0.39, 0.29) is 12.1 Å². The molecule has 0 aliphatic carbocycles. The van der Waals surface area contributed by atoms with Crippen LogP contribution in [0.2, 0.25) is 0 Å². The van der Waals surface area contributed by atoms with Crippen molar-refractivity contribution in [3.05, 3.63) is 83.2 Å². The minimum Gasteiger partial charge on any atom is -0.472 e. The third kappa shape index (κ3) is 3.11. The van der Waals surface area contributed by atoms with Crippen molar-refractivity contribution in [1.29, 1.82) is 0 Å². The highest BCUT2D eigenvalue weighted by Gasteiger charge is 2.39. The van der Waals surface area contributed by atoms with Crippen LogP contribution in [0.4, 0.5) is 0 Å². The summed E-state index contributed by atoms with van der Waals surface area (Å²) in [5, 5.41) is 0. The molecule has 0 saturated carbocycles. The summed E-state index contributed by atoms with van der Waals surface area (Å²) in [4.78, 5) is 12.8. The fourth-order valence-electron chi connectivity index (χ4n) is 2.99. The maximum Gasteiger partial charge on any atom is 0.370 e. The number of rotatable bonds is 4. The van der Waals surface area contributed by atoms with E-state index >= 15 is 0 Å². The molecule has 0 bridgehead atoms. The largest absolute Gasteiger partial charge is 0.472 e. The summed E-state index contributed by atoms with van der Waals surface area (Å²) < 4.78 is 11.4. The number of hydrogen-bond acceptors (Lipinski definition) is 4. The van der Waals surface area contributed by atoms with Crippen LogP contribution in [-0.4, -0.2) is 31.1 Å². The zero-order valence-electron chi connectivity index (χ0n) is 13.6. The van der Waals surface area contributed by atoms with E-state index in [0.29, 0.717) is 25.0 Å². The fraction of sp³-hybridized carbons (Fsp3) is 0.250. The van der Waals surface area contributed by atoms with Gasteiger partial charge in [0.2, 0.25) is 0 Å². The standard InChI is InChI=1S/C20H17N3O2/c1-21-18(19-22-16(12-24-19)14-8-4-2-5-9-14)20-23-17(13-25-20)15-10-6-3-7-11-15/h2-11,16-18H,12-13H2/t16-,17-/m0/s1. The first kappa shape index (κ1) is 15.4. The minimum absolute atomic E-state index is 0.0765. The average Bonchev–Trinajstić information content (AvgIpc) is 3.35. The van der Waals surface area contributed by atoms with Crippen molar-refractivity contribution < 1.29 is 9.47 Å². The lowest BCUT2D eigenvalue weighted by Crippen LogP contribution is -2.27. The smallest absolute Gasteiger partial charge is 0.370 e. The second kappa shape index (κ2) is 6.78. The van der Waals surface area contributed by atoms with E-state index < -0.39 is 6.04 Å². The Morgan fingerprint density at radius 3 is 1.64 bits per heavy atom. The number of aliphatic imine (C=N–C) groups is 2. The molecule has 4 rings (SSSR count). The minimum atomic E-state index is -0.706. The van der Waals surface area contributed by atoms with Gasteiger partial charge >= 0.3 is 6.04 Å². The Hall–Kier alpha value is -3.13. The Morgan fingerprint density at radius 2 is 1.24 bits per heavy atom. The van der Waals surface area contributed by atoms with Crippen molar-refractivity contribution in [3.63, 3.8) is 0 Å². The van der Waals surface area contributed by atoms with Crippen molar-refractivity contribution in [2.45, 2.75) is 18.1 Å². The van der Waals surface area contributed by atoms with Crippen LogP contribution in [0, 0.1) is 6.57 Å². The van der Waals surface area contributed by atoms with Crippen molar-refractivity contribution in [2.75, 3.05) is 13.2 Å². The van der Waals surface area contributed by atoms with Crippen molar-refractivity contribution >= 4 is 11.8 Å². The van der Waals surface area contributed by atoms with Gasteiger partial charge in [-0.05, 0) is 11.1 Å². The SMILES string of the molecule is [C-]#[N+]C(C1=N[C@H](c2ccccc2)CO1)C1=N[C@H](c2ccccc2)CO1. The molecule has 0 N–H and O–H groups in total. The first-order valence-corrected chi connectivity index (χ1v) is 8.22. The van der Waals surface area contributed by atoms with E-state index in [0.717, 1.165) is 11.1 Å². The molecule has 0 amide bonds. The van der Waals surface area contributed by atoms with Crippen LogP contribution in [0.15, 0.2) is 70.6 Å². The molecule has 0 unspecified atom stereocenters. The predicted molar refractivity (Wildman–Crippen MR) is 95.5 cm³/mol. The van der Waals surface area contributed by atoms with Gasteiger partial charge in [0.1, 0.15) is 25.3 Å². The summed E-state index contributed by atoms with van der Waals surface area (Å²) >= 11 is 0. The molecule has 0 spiro atoms. The highest BCUT2D eigenvalue weighted by molar-refractivity contribution is 6.07. The number of nitrogens with zero attached hydrogens (tertiary/aromatic N) is 3. The average molecular weight is 331 g/mol. The van der Waals surface area contributed by atoms with E-state index in [1.165, 1.54) is 0 Å². The predicted octanol–water partition coefficient (Wildman–Crippen LogP) is 3.61. The van der Waals surface area contributed by atoms with Gasteiger partial charge in [0.15, 0.2) is 0 Å². The molecule has 2 aliphatic rings. The molecule has 2 aliphatic heterocycles. The summed E-state index contributed by atoms with van der Waals surface area (Å²) in [6.07, 6.45) is 0. The van der Waals surface area contributed by atoms with Gasteiger partial charge in [-0.15, -0.1) is 0 Å². The molecule has 5 nitrogen and oxygen atoms in total. The van der Waals surface area contributed by atoms with Gasteiger partial charge in [-0.1, -0.05) is 60.7 Å². The molecular weight excluding hydrogens is 314 g/mol. The maximum absolute atomic E-state index is 7.53. The Morgan fingerprint density at radius 1 is 0.800 bits per heavy atom. The molecule has 124 valence electrons. The molecule has 0 saturated heterocycles. The number of hydrogen-bond donors (Lipinski definition) is 0. The van der Waals surface area contributed by atoms with Gasteiger partial charge in [0.25, 0.3) is 11.8 Å². The molecular formula is C20H17N3O2. The maximum atomic E-state index is 7.53. The molecule has 2 aromatic carbocycles. The van der Waals surface area contributed by atoms with E-state index in [1.807, 2.05) is 60.7 Å². The van der Waals surface area contributed by atoms with Gasteiger partial charge in [-0.25, -0.2) is 16.6 Å². The summed E-state index contributed by atoms with van der Waals surface area (Å²) in [6.45, 7) is 8.42. The molecule has 0 aromatic heterocycles. The fourth-order valence-corrected chi connectivity index (χ4v) is 2.99. The topological polar surface area (TPSA) is 47.5 Å². The Labute approximate surface area is 146 Å². The second-order valence-electron chi connectivity index (χ2n) is 5.94. The third-order valence-electron chi connectivity index (χ3n) is 4.31. The lowest BCUT2D eigenvalue weighted by Gasteiger charge is -2.04. The van der Waals surface area contributed by atoms with E-state index in [2.05, 4.69) is 14.8 Å². The Balaban J connectivity index is 1.54. The lowest BCUT2D eigenvalue weighted by atomic mass is 10.1. The molecule has 25 heavy (non-hydrogen) atoms. The zero-order chi connectivity index (χ0) is 17.1. The van der Waals surface area contributed by atoms with Crippen molar-refractivity contribution in [1.82, 2.24) is 0 Å². The van der Waals surface area contributed by atoms with Crippen LogP contribution < -0.4 is 0 Å². The van der Waals surface area contributed by atoms with Gasteiger partial charge in [-0.2, -0.15) is 0 Å². The first-order valence-electron chi connectivity index (χ1n) is 8.22. The highest BCUT2D eigenvalue weighted by atomic mass is 16.5. The van der Waals surface area contributed by atoms with Gasteiger partial charge in [-0.3, -0.25) is 4.85 Å². The number of ether oxygens (including phenoxy) is 2. The second-order valence-corrected chi connectivity index (χ2v) is 5.94. The van der Waals surface area contributed by atoms with E-state index in [4.69, 9.17) is 16.0 Å². The van der Waals surface area contributed by atoms with Gasteiger partial charge < -0.3 is 9.47 Å². The third-order valence-corrected chi connectivity index (χ3v) is 4.31. The number of benzene rings is 2. The lowest BCUT2D eigenvalue weighted by molar-refractivity contribution is 0.298. The molecule has 5 heteroatoms. The Kier molecular flexibility index (Phi) is 4.17. The van der Waals surface area contributed by atoms with E-state index in [1.54, 1.807) is 0 Å². The highest BCUT2D eigenvalue weighted by Crippen LogP contribution is 2.28. The van der Waals surface area contributed by atoms with Crippen LogP contribution in [0.5, 0.6) is 0 Å². The zero-order valence-corrected chi connectivity index (χ0v) is 13.6. The van der Waals surface area contributed by atoms with Crippen molar-refractivity contribution in [3.8, 4) is 0 Å². The molecule has 2 aromatic rings. The monoisotopic (exact) mass is 331 g/mol. The quantitative estimate of drug-likeness (QED) is 0.804. The van der Waals surface area contributed by atoms with Crippen LogP contribution >= 0.6 is 0 Å². The Bertz CT molecular complexity index is 775. The normalized spacial score (nSPS) is 21.9. The molecule has 2 atom stereocenters. The summed E-state index contributed by atoms with van der Waals surface area (Å²) in [7, 11) is 0. The summed E-state index contributed by atoms with van der Waals surface area (Å²) in [5.41, 5.74) is 2.16. The van der Waals surface area contributed by atoms with Crippen molar-refractivity contribution in [2.24, 2.45) is 9.98 Å². The first-order chi connectivity index (χ1) is 12.3. The van der Waals surface area contributed by atoms with Crippen LogP contribution in [0.1, 0.15) is 23.2 Å². The van der Waals surface area contributed by atoms with Gasteiger partial charge in [0.05, 0.1) is 0 Å². The van der Waals surface area contributed by atoms with Gasteiger partial charge in [0, 0.05) is 0 Å². The molecule has 2 heterocycles. The van der Waals surface area contributed by atoms with Crippen LogP contribution in [-0.2, 0) is 9.47 Å². The molecule has 0 radical (unpaired) electrons. The summed E-state index contributed by atoms with van der Waals surface area (Å²) in [5.74, 6) is 0.799. The summed E-state index contributed by atoms with van der Waals surface area (Å²) in [6, 6.07) is 19.0. The molecule has 0 fully saturated rings. The van der Waals surface area contributed by atoms with Crippen LogP contribution in [0.25, 0.3) is 4.85 Å². The van der Waals surface area contributed by atoms with Crippen LogP contribution in [0.3, 0.4) is 0 Å².